The Hall–Kier alpha value is -2.02. The number of carbonyl (C=O) groups excluding carboxylic acids is 1. The lowest BCUT2D eigenvalue weighted by Gasteiger charge is -2.08. The molecule has 2 rings (SSSR count). The smallest absolute Gasteiger partial charge is 0.416 e. The van der Waals surface area contributed by atoms with Crippen LogP contribution in [0.3, 0.4) is 0 Å². The summed E-state index contributed by atoms with van der Waals surface area (Å²) in [5, 5.41) is 3.20. The van der Waals surface area contributed by atoms with Gasteiger partial charge < -0.3 is 4.74 Å². The highest BCUT2D eigenvalue weighted by Gasteiger charge is 2.31. The predicted molar refractivity (Wildman–Crippen MR) is 99.2 cm³/mol. The van der Waals surface area contributed by atoms with E-state index in [-0.39, 0.29) is 6.61 Å². The number of amides is 1. The number of alkyl carbamates (subject to hydrolysis) is 1. The molecule has 0 spiro atoms. The topological polar surface area (TPSA) is 38.3 Å². The average Bonchev–Trinajstić information content (AvgIpc) is 2.91. The van der Waals surface area contributed by atoms with Crippen LogP contribution in [0.1, 0.15) is 49.1 Å². The van der Waals surface area contributed by atoms with Crippen LogP contribution < -0.4 is 5.32 Å². The second kappa shape index (κ2) is 8.58. The zero-order valence-corrected chi connectivity index (χ0v) is 15.8. The fourth-order valence-electron chi connectivity index (χ4n) is 2.64. The zero-order valence-electron chi connectivity index (χ0n) is 15.0. The van der Waals surface area contributed by atoms with Crippen molar-refractivity contribution in [1.82, 2.24) is 5.32 Å². The van der Waals surface area contributed by atoms with Gasteiger partial charge in [0.1, 0.15) is 0 Å². The summed E-state index contributed by atoms with van der Waals surface area (Å²) < 4.78 is 44.6. The van der Waals surface area contributed by atoms with Crippen LogP contribution >= 0.6 is 11.3 Å². The molecule has 0 aliphatic heterocycles. The quantitative estimate of drug-likeness (QED) is 0.616. The van der Waals surface area contributed by atoms with Crippen molar-refractivity contribution in [3.05, 3.63) is 40.4 Å². The van der Waals surface area contributed by atoms with Crippen LogP contribution in [0.2, 0.25) is 0 Å². The number of nitrogens with one attached hydrogen (secondary N) is 1. The summed E-state index contributed by atoms with van der Waals surface area (Å²) in [4.78, 5) is 12.5. The van der Waals surface area contributed by atoms with Crippen LogP contribution in [0.5, 0.6) is 0 Å². The number of carbonyl (C=O) groups is 1. The third kappa shape index (κ3) is 4.78. The van der Waals surface area contributed by atoms with Gasteiger partial charge >= 0.3 is 12.3 Å². The van der Waals surface area contributed by atoms with Gasteiger partial charge in [0.25, 0.3) is 0 Å². The molecule has 3 nitrogen and oxygen atoms in total. The Labute approximate surface area is 154 Å². The number of fused-ring (bicyclic) bond motifs is 1. The number of hydrogen-bond donors (Lipinski definition) is 1. The molecule has 7 heteroatoms. The Kier molecular flexibility index (Phi) is 6.69. The molecule has 1 aromatic carbocycles. The van der Waals surface area contributed by atoms with Crippen LogP contribution in [-0.4, -0.2) is 12.7 Å². The molecule has 26 heavy (non-hydrogen) atoms. The summed E-state index contributed by atoms with van der Waals surface area (Å²) in [6.07, 6.45) is -0.690. The highest BCUT2D eigenvalue weighted by Crippen LogP contribution is 2.40. The number of allylic oxidation sites excluding steroid dienone is 1. The zero-order chi connectivity index (χ0) is 19.3. The summed E-state index contributed by atoms with van der Waals surface area (Å²) in [5.41, 5.74) is 1.04. The van der Waals surface area contributed by atoms with Gasteiger partial charge in [0.15, 0.2) is 0 Å². The predicted octanol–water partition coefficient (Wildman–Crippen LogP) is 6.51. The van der Waals surface area contributed by atoms with Gasteiger partial charge in [0.2, 0.25) is 0 Å². The number of alkyl halides is 3. The van der Waals surface area contributed by atoms with E-state index in [2.05, 4.69) is 12.2 Å². The molecule has 0 radical (unpaired) electrons. The molecule has 0 aliphatic rings. The van der Waals surface area contributed by atoms with E-state index in [0.29, 0.717) is 5.39 Å². The van der Waals surface area contributed by atoms with Crippen molar-refractivity contribution in [2.75, 3.05) is 6.61 Å². The number of rotatable bonds is 6. The first-order valence-electron chi connectivity index (χ1n) is 8.51. The molecule has 0 saturated heterocycles. The minimum atomic E-state index is -4.37. The van der Waals surface area contributed by atoms with Gasteiger partial charge in [-0.05, 0) is 61.4 Å². The van der Waals surface area contributed by atoms with Crippen molar-refractivity contribution in [2.45, 2.75) is 46.2 Å². The maximum absolute atomic E-state index is 13.0. The number of halogens is 3. The summed E-state index contributed by atoms with van der Waals surface area (Å²) in [6, 6.07) is 3.81. The van der Waals surface area contributed by atoms with Gasteiger partial charge in [-0.25, -0.2) is 4.79 Å². The summed E-state index contributed by atoms with van der Waals surface area (Å²) in [7, 11) is 0. The average molecular weight is 385 g/mol. The second-order valence-electron chi connectivity index (χ2n) is 5.90. The summed E-state index contributed by atoms with van der Waals surface area (Å²) in [6.45, 7) is 5.87. The van der Waals surface area contributed by atoms with E-state index in [0.717, 1.165) is 46.0 Å². The van der Waals surface area contributed by atoms with Crippen molar-refractivity contribution >= 4 is 33.1 Å². The summed E-state index contributed by atoms with van der Waals surface area (Å²) >= 11 is 1.44. The number of ether oxygens (including phenoxy) is 1. The number of aryl methyl sites for hydroxylation is 1. The molecule has 0 fully saturated rings. The van der Waals surface area contributed by atoms with E-state index >= 15 is 0 Å². The molecular formula is C19H22F3NO2S. The number of hydrogen-bond acceptors (Lipinski definition) is 3. The molecule has 0 bridgehead atoms. The largest absolute Gasteiger partial charge is 0.450 e. The Balaban J connectivity index is 2.43. The van der Waals surface area contributed by atoms with Crippen molar-refractivity contribution < 1.29 is 22.7 Å². The van der Waals surface area contributed by atoms with E-state index < -0.39 is 17.8 Å². The Morgan fingerprint density at radius 1 is 1.31 bits per heavy atom. The van der Waals surface area contributed by atoms with Crippen LogP contribution in [-0.2, 0) is 10.9 Å². The Bertz CT molecular complexity index is 809. The maximum atomic E-state index is 13.0. The highest BCUT2D eigenvalue weighted by atomic mass is 32.1. The monoisotopic (exact) mass is 385 g/mol. The molecular weight excluding hydrogens is 363 g/mol. The molecule has 0 saturated carbocycles. The van der Waals surface area contributed by atoms with Gasteiger partial charge in [-0.3, -0.25) is 5.32 Å². The van der Waals surface area contributed by atoms with Crippen LogP contribution in [0.15, 0.2) is 24.4 Å². The van der Waals surface area contributed by atoms with Crippen molar-refractivity contribution in [1.29, 1.82) is 0 Å². The lowest BCUT2D eigenvalue weighted by atomic mass is 10.0. The molecule has 1 N–H and O–H groups in total. The van der Waals surface area contributed by atoms with E-state index in [1.54, 1.807) is 13.1 Å². The minimum Gasteiger partial charge on any atom is -0.450 e. The van der Waals surface area contributed by atoms with Crippen molar-refractivity contribution in [3.8, 4) is 0 Å². The van der Waals surface area contributed by atoms with E-state index in [9.17, 15) is 18.0 Å². The number of unbranched alkanes of at least 4 members (excludes halogenated alkanes) is 1. The first kappa shape index (κ1) is 20.3. The third-order valence-corrected chi connectivity index (χ3v) is 5.34. The molecule has 2 aromatic rings. The van der Waals surface area contributed by atoms with Crippen LogP contribution in [0.25, 0.3) is 15.7 Å². The molecule has 1 aromatic heterocycles. The lowest BCUT2D eigenvalue weighted by Crippen LogP contribution is -2.18. The first-order valence-corrected chi connectivity index (χ1v) is 9.32. The van der Waals surface area contributed by atoms with Gasteiger partial charge in [-0.2, -0.15) is 13.2 Å². The third-order valence-electron chi connectivity index (χ3n) is 3.99. The van der Waals surface area contributed by atoms with Gasteiger partial charge in [0, 0.05) is 15.8 Å². The van der Waals surface area contributed by atoms with E-state index in [1.807, 2.05) is 6.92 Å². The molecule has 1 heterocycles. The fraction of sp³-hybridized carbons (Fsp3) is 0.421. The molecule has 0 aliphatic carbocycles. The second-order valence-corrected chi connectivity index (χ2v) is 6.96. The maximum Gasteiger partial charge on any atom is 0.416 e. The first-order chi connectivity index (χ1) is 12.3. The van der Waals surface area contributed by atoms with Crippen LogP contribution in [0.4, 0.5) is 18.0 Å². The van der Waals surface area contributed by atoms with Crippen molar-refractivity contribution in [2.24, 2.45) is 0 Å². The van der Waals surface area contributed by atoms with Crippen LogP contribution in [0, 0.1) is 6.92 Å². The number of benzene rings is 1. The number of thiophene rings is 1. The lowest BCUT2D eigenvalue weighted by molar-refractivity contribution is -0.137. The molecule has 0 unspecified atom stereocenters. The molecule has 1 amide bonds. The minimum absolute atomic E-state index is 0.270. The van der Waals surface area contributed by atoms with Crippen molar-refractivity contribution in [3.63, 3.8) is 0 Å². The Morgan fingerprint density at radius 3 is 2.65 bits per heavy atom. The molecule has 0 atom stereocenters. The Morgan fingerprint density at radius 2 is 2.04 bits per heavy atom. The van der Waals surface area contributed by atoms with Gasteiger partial charge in [-0.1, -0.05) is 13.3 Å². The normalized spacial score (nSPS) is 12.5. The summed E-state index contributed by atoms with van der Waals surface area (Å²) in [5.74, 6) is 0. The van der Waals surface area contributed by atoms with Gasteiger partial charge in [-0.15, -0.1) is 11.3 Å². The molecule has 142 valence electrons. The van der Waals surface area contributed by atoms with E-state index in [4.69, 9.17) is 4.74 Å². The van der Waals surface area contributed by atoms with E-state index in [1.165, 1.54) is 23.5 Å². The highest BCUT2D eigenvalue weighted by molar-refractivity contribution is 7.20. The fourth-order valence-corrected chi connectivity index (χ4v) is 3.87. The SMILES string of the molecule is CCCC/C(=C\NC(=O)OCC)c1sc2ccc(C(F)(F)F)cc2c1C. The van der Waals surface area contributed by atoms with Gasteiger partial charge in [0.05, 0.1) is 12.2 Å². The standard InChI is InChI=1S/C19H22F3NO2S/c1-4-6-7-13(11-23-18(24)25-5-2)17-12(3)15-10-14(19(20,21)22)8-9-16(15)26-17/h8-11H,4-7H2,1-3H3,(H,23,24)/b13-11+.